The predicted molar refractivity (Wildman–Crippen MR) is 83.0 cm³/mol. The number of aliphatic imine (C=N–C) groups is 1. The molecule has 1 fully saturated rings. The van der Waals surface area contributed by atoms with Gasteiger partial charge >= 0.3 is 0 Å². The summed E-state index contributed by atoms with van der Waals surface area (Å²) in [4.78, 5) is 9.34. The Morgan fingerprint density at radius 3 is 2.85 bits per heavy atom. The minimum Gasteiger partial charge on any atom is -0.381 e. The predicted octanol–water partition coefficient (Wildman–Crippen LogP) is 1.29. The van der Waals surface area contributed by atoms with Gasteiger partial charge in [0, 0.05) is 20.2 Å². The Labute approximate surface area is 123 Å². The maximum Gasteiger partial charge on any atom is 0.191 e. The van der Waals surface area contributed by atoms with Gasteiger partial charge in [-0.2, -0.15) is 0 Å². The average molecular weight is 282 g/mol. The number of likely N-dealkylation sites (N-methyl/N-ethyl adjacent to an activating group) is 1. The van der Waals surface area contributed by atoms with E-state index in [-0.39, 0.29) is 5.54 Å². The lowest BCUT2D eigenvalue weighted by Gasteiger charge is -2.45. The zero-order valence-electron chi connectivity index (χ0n) is 13.3. The van der Waals surface area contributed by atoms with Crippen LogP contribution in [0.5, 0.6) is 0 Å². The highest BCUT2D eigenvalue weighted by atomic mass is 16.5. The molecule has 20 heavy (non-hydrogen) atoms. The number of nitrogens with zero attached hydrogens (tertiary/aromatic N) is 3. The molecule has 1 saturated carbocycles. The Morgan fingerprint density at radius 2 is 2.20 bits per heavy atom. The van der Waals surface area contributed by atoms with Crippen LogP contribution in [0, 0.1) is 0 Å². The van der Waals surface area contributed by atoms with Gasteiger partial charge in [-0.1, -0.05) is 13.8 Å². The van der Waals surface area contributed by atoms with Crippen LogP contribution in [0.3, 0.4) is 0 Å². The molecule has 2 rings (SSSR count). The molecule has 0 aromatic carbocycles. The van der Waals surface area contributed by atoms with Crippen molar-refractivity contribution in [3.63, 3.8) is 0 Å². The maximum atomic E-state index is 6.16. The summed E-state index contributed by atoms with van der Waals surface area (Å²) in [5, 5.41) is 0. The molecule has 1 heterocycles. The summed E-state index contributed by atoms with van der Waals surface area (Å²) >= 11 is 0. The van der Waals surface area contributed by atoms with Gasteiger partial charge in [0.2, 0.25) is 0 Å². The third-order valence-electron chi connectivity index (χ3n) is 5.03. The van der Waals surface area contributed by atoms with Gasteiger partial charge in [-0.15, -0.1) is 0 Å². The molecule has 1 aliphatic carbocycles. The van der Waals surface area contributed by atoms with Crippen LogP contribution in [-0.2, 0) is 4.74 Å². The fraction of sp³-hybridized carbons (Fsp3) is 0.933. The van der Waals surface area contributed by atoms with Crippen molar-refractivity contribution in [3.8, 4) is 0 Å². The van der Waals surface area contributed by atoms with Crippen molar-refractivity contribution in [2.45, 2.75) is 51.2 Å². The number of guanidine groups is 1. The van der Waals surface area contributed by atoms with Gasteiger partial charge in [0.05, 0.1) is 18.2 Å². The summed E-state index contributed by atoms with van der Waals surface area (Å²) in [7, 11) is 1.82. The van der Waals surface area contributed by atoms with E-state index < -0.39 is 0 Å². The van der Waals surface area contributed by atoms with Crippen LogP contribution in [0.25, 0.3) is 0 Å². The molecular formula is C15H30N4O. The van der Waals surface area contributed by atoms with Gasteiger partial charge in [0.1, 0.15) is 0 Å². The summed E-state index contributed by atoms with van der Waals surface area (Å²) < 4.78 is 5.60. The number of rotatable bonds is 6. The van der Waals surface area contributed by atoms with E-state index in [1.54, 1.807) is 0 Å². The van der Waals surface area contributed by atoms with E-state index in [1.807, 2.05) is 7.11 Å². The Balaban J connectivity index is 2.01. The van der Waals surface area contributed by atoms with E-state index in [2.05, 4.69) is 28.6 Å². The molecule has 1 aliphatic heterocycles. The normalized spacial score (nSPS) is 30.3. The second-order valence-electron chi connectivity index (χ2n) is 6.03. The van der Waals surface area contributed by atoms with Crippen LogP contribution in [-0.4, -0.2) is 67.2 Å². The monoisotopic (exact) mass is 282 g/mol. The van der Waals surface area contributed by atoms with E-state index >= 15 is 0 Å². The minimum atomic E-state index is 0.121. The highest BCUT2D eigenvalue weighted by molar-refractivity contribution is 5.81. The third kappa shape index (κ3) is 3.09. The SMILES string of the molecule is CCN(CC)CCN1C(N)=NCC12CCCC(OC)C2. The molecule has 2 aliphatic rings. The van der Waals surface area contributed by atoms with E-state index in [9.17, 15) is 0 Å². The molecule has 2 atom stereocenters. The summed E-state index contributed by atoms with van der Waals surface area (Å²) in [5.74, 6) is 0.730. The van der Waals surface area contributed by atoms with Crippen LogP contribution in [0.15, 0.2) is 4.99 Å². The molecule has 2 N–H and O–H groups in total. The van der Waals surface area contributed by atoms with Crippen molar-refractivity contribution in [1.29, 1.82) is 0 Å². The Kier molecular flexibility index (Phi) is 5.27. The van der Waals surface area contributed by atoms with E-state index in [0.29, 0.717) is 6.10 Å². The second-order valence-corrected chi connectivity index (χ2v) is 6.03. The maximum absolute atomic E-state index is 6.16. The summed E-state index contributed by atoms with van der Waals surface area (Å²) in [6.45, 7) is 9.49. The average Bonchev–Trinajstić information content (AvgIpc) is 2.77. The molecule has 116 valence electrons. The summed E-state index contributed by atoms with van der Waals surface area (Å²) in [5.41, 5.74) is 6.28. The number of hydrogen-bond donors (Lipinski definition) is 1. The fourth-order valence-corrected chi connectivity index (χ4v) is 3.65. The standard InChI is InChI=1S/C15H30N4O/c1-4-18(5-2)9-10-19-14(16)17-12-15(19)8-6-7-13(11-15)20-3/h13H,4-12H2,1-3H3,(H2,16,17). The highest BCUT2D eigenvalue weighted by Gasteiger charge is 2.45. The van der Waals surface area contributed by atoms with Crippen molar-refractivity contribution in [1.82, 2.24) is 9.80 Å². The van der Waals surface area contributed by atoms with Crippen LogP contribution >= 0.6 is 0 Å². The first kappa shape index (κ1) is 15.6. The lowest BCUT2D eigenvalue weighted by Crippen LogP contribution is -2.56. The first-order valence-corrected chi connectivity index (χ1v) is 7.98. The van der Waals surface area contributed by atoms with Gasteiger partial charge in [0.15, 0.2) is 5.96 Å². The van der Waals surface area contributed by atoms with Crippen molar-refractivity contribution >= 4 is 5.96 Å². The largest absolute Gasteiger partial charge is 0.381 e. The topological polar surface area (TPSA) is 54.1 Å². The fourth-order valence-electron chi connectivity index (χ4n) is 3.65. The zero-order chi connectivity index (χ0) is 14.6. The van der Waals surface area contributed by atoms with E-state index in [1.165, 1.54) is 19.3 Å². The van der Waals surface area contributed by atoms with Gasteiger partial charge in [0.25, 0.3) is 0 Å². The minimum absolute atomic E-state index is 0.121. The lowest BCUT2D eigenvalue weighted by atomic mass is 9.79. The second kappa shape index (κ2) is 6.76. The Bertz CT molecular complexity index is 343. The van der Waals surface area contributed by atoms with Gasteiger partial charge in [-0.3, -0.25) is 4.99 Å². The number of hydrogen-bond acceptors (Lipinski definition) is 5. The molecule has 0 radical (unpaired) electrons. The molecular weight excluding hydrogens is 252 g/mol. The number of methoxy groups -OCH3 is 1. The molecule has 0 aromatic heterocycles. The molecule has 0 bridgehead atoms. The summed E-state index contributed by atoms with van der Waals surface area (Å²) in [6, 6.07) is 0. The Morgan fingerprint density at radius 1 is 1.45 bits per heavy atom. The van der Waals surface area contributed by atoms with Crippen LogP contribution < -0.4 is 5.73 Å². The van der Waals surface area contributed by atoms with Gasteiger partial charge in [-0.25, -0.2) is 0 Å². The van der Waals surface area contributed by atoms with Crippen molar-refractivity contribution in [2.75, 3.05) is 39.8 Å². The van der Waals surface area contributed by atoms with Crippen molar-refractivity contribution in [3.05, 3.63) is 0 Å². The highest BCUT2D eigenvalue weighted by Crippen LogP contribution is 2.37. The molecule has 2 unspecified atom stereocenters. The first-order chi connectivity index (χ1) is 9.65. The molecule has 5 nitrogen and oxygen atoms in total. The van der Waals surface area contributed by atoms with Crippen LogP contribution in [0.4, 0.5) is 0 Å². The van der Waals surface area contributed by atoms with Gasteiger partial charge in [-0.05, 0) is 38.8 Å². The quantitative estimate of drug-likeness (QED) is 0.797. The van der Waals surface area contributed by atoms with E-state index in [4.69, 9.17) is 10.5 Å². The first-order valence-electron chi connectivity index (χ1n) is 7.98. The number of nitrogens with two attached hydrogens (primary N) is 1. The Hall–Kier alpha value is -0.810. The molecule has 1 spiro atoms. The molecule has 5 heteroatoms. The van der Waals surface area contributed by atoms with Crippen molar-refractivity contribution < 1.29 is 4.74 Å². The summed E-state index contributed by atoms with van der Waals surface area (Å²) in [6.07, 6.45) is 4.99. The van der Waals surface area contributed by atoms with Gasteiger partial charge < -0.3 is 20.3 Å². The third-order valence-corrected chi connectivity index (χ3v) is 5.03. The van der Waals surface area contributed by atoms with E-state index in [0.717, 1.165) is 45.1 Å². The molecule has 0 aromatic rings. The molecule has 0 saturated heterocycles. The lowest BCUT2D eigenvalue weighted by molar-refractivity contribution is 0.00745. The van der Waals surface area contributed by atoms with Crippen LogP contribution in [0.2, 0.25) is 0 Å². The zero-order valence-corrected chi connectivity index (χ0v) is 13.3. The number of ether oxygens (including phenoxy) is 1. The van der Waals surface area contributed by atoms with Crippen molar-refractivity contribution in [2.24, 2.45) is 10.7 Å². The molecule has 0 amide bonds. The van der Waals surface area contributed by atoms with Crippen LogP contribution in [0.1, 0.15) is 39.5 Å². The smallest absolute Gasteiger partial charge is 0.191 e.